The Bertz CT molecular complexity index is 1010. The molecule has 126 valence electrons. The minimum atomic E-state index is 1.08. The summed E-state index contributed by atoms with van der Waals surface area (Å²) in [6, 6.07) is 19.3. The van der Waals surface area contributed by atoms with Crippen molar-refractivity contribution in [3.05, 3.63) is 72.6 Å². The van der Waals surface area contributed by atoms with Crippen molar-refractivity contribution >= 4 is 28.0 Å². The van der Waals surface area contributed by atoms with Gasteiger partial charge in [-0.1, -0.05) is 44.0 Å². The fourth-order valence-electron chi connectivity index (χ4n) is 3.45. The van der Waals surface area contributed by atoms with Gasteiger partial charge >= 0.3 is 0 Å². The molecule has 0 fully saturated rings. The second-order valence-corrected chi connectivity index (χ2v) is 6.46. The van der Waals surface area contributed by atoms with Crippen LogP contribution >= 0.6 is 0 Å². The van der Waals surface area contributed by atoms with E-state index in [0.29, 0.717) is 0 Å². The van der Waals surface area contributed by atoms with Crippen LogP contribution in [0.4, 0.5) is 0 Å². The van der Waals surface area contributed by atoms with E-state index in [1.54, 1.807) is 0 Å². The van der Waals surface area contributed by atoms with Crippen LogP contribution in [0.15, 0.2) is 72.1 Å². The molecule has 0 aliphatic carbocycles. The minimum Gasteiger partial charge on any atom is -0.340 e. The second kappa shape index (κ2) is 6.98. The van der Waals surface area contributed by atoms with Gasteiger partial charge in [-0.05, 0) is 42.3 Å². The molecule has 4 rings (SSSR count). The van der Waals surface area contributed by atoms with Gasteiger partial charge in [-0.25, -0.2) is 4.68 Å². The Morgan fingerprint density at radius 2 is 1.68 bits per heavy atom. The van der Waals surface area contributed by atoms with E-state index in [2.05, 4.69) is 59.1 Å². The Balaban J connectivity index is 1.77. The van der Waals surface area contributed by atoms with Crippen LogP contribution in [0, 0.1) is 0 Å². The maximum Gasteiger partial charge on any atom is 0.0551 e. The standard InChI is InChI=1S/C22H23N3/c1-2-3-6-15-25-21-10-5-4-9-19(21)20-16-18(11-12-22(20)25)17-23-24-13-7-8-14-24/h4-5,7-14,16-17H,2-3,6,15H2,1H3/b23-17-. The van der Waals surface area contributed by atoms with Crippen LogP contribution in [0.2, 0.25) is 0 Å². The highest BCUT2D eigenvalue weighted by atomic mass is 15.3. The number of aryl methyl sites for hydroxylation is 1. The van der Waals surface area contributed by atoms with Crippen molar-refractivity contribution in [2.75, 3.05) is 0 Å². The molecule has 0 aliphatic rings. The largest absolute Gasteiger partial charge is 0.340 e. The van der Waals surface area contributed by atoms with Gasteiger partial charge in [0.05, 0.1) is 6.21 Å². The van der Waals surface area contributed by atoms with Crippen LogP contribution in [0.25, 0.3) is 21.8 Å². The molecule has 0 unspecified atom stereocenters. The van der Waals surface area contributed by atoms with Crippen LogP contribution in [0.5, 0.6) is 0 Å². The van der Waals surface area contributed by atoms with Gasteiger partial charge in [0.1, 0.15) is 0 Å². The molecule has 2 aromatic heterocycles. The van der Waals surface area contributed by atoms with Crippen LogP contribution in [0.1, 0.15) is 31.7 Å². The summed E-state index contributed by atoms with van der Waals surface area (Å²) in [5.41, 5.74) is 3.76. The lowest BCUT2D eigenvalue weighted by atomic mass is 10.1. The molecule has 0 amide bonds. The molecule has 0 atom stereocenters. The highest BCUT2D eigenvalue weighted by Gasteiger charge is 2.10. The van der Waals surface area contributed by atoms with Gasteiger partial charge in [-0.3, -0.25) is 0 Å². The Hall–Kier alpha value is -2.81. The van der Waals surface area contributed by atoms with Gasteiger partial charge in [0.2, 0.25) is 0 Å². The van der Waals surface area contributed by atoms with Gasteiger partial charge in [0.25, 0.3) is 0 Å². The Morgan fingerprint density at radius 1 is 0.880 bits per heavy atom. The summed E-state index contributed by atoms with van der Waals surface area (Å²) >= 11 is 0. The number of fused-ring (bicyclic) bond motifs is 3. The van der Waals surface area contributed by atoms with Gasteiger partial charge in [-0.15, -0.1) is 0 Å². The summed E-state index contributed by atoms with van der Waals surface area (Å²) in [7, 11) is 0. The molecule has 0 saturated carbocycles. The summed E-state index contributed by atoms with van der Waals surface area (Å²) in [5.74, 6) is 0. The maximum atomic E-state index is 4.48. The van der Waals surface area contributed by atoms with Gasteiger partial charge in [0.15, 0.2) is 0 Å². The average Bonchev–Trinajstić information content (AvgIpc) is 3.27. The predicted octanol–water partition coefficient (Wildman–Crippen LogP) is 5.67. The lowest BCUT2D eigenvalue weighted by molar-refractivity contribution is 0.627. The zero-order valence-electron chi connectivity index (χ0n) is 14.6. The number of hydrogen-bond acceptors (Lipinski definition) is 1. The molecular weight excluding hydrogens is 306 g/mol. The molecule has 0 saturated heterocycles. The molecule has 2 aromatic carbocycles. The van der Waals surface area contributed by atoms with E-state index in [0.717, 1.165) is 12.1 Å². The van der Waals surface area contributed by atoms with Crippen molar-refractivity contribution in [2.45, 2.75) is 32.7 Å². The predicted molar refractivity (Wildman–Crippen MR) is 106 cm³/mol. The smallest absolute Gasteiger partial charge is 0.0551 e. The molecule has 0 spiro atoms. The third-order valence-corrected chi connectivity index (χ3v) is 4.71. The lowest BCUT2D eigenvalue weighted by Crippen LogP contribution is -1.97. The maximum absolute atomic E-state index is 4.48. The fourth-order valence-corrected chi connectivity index (χ4v) is 3.45. The van der Waals surface area contributed by atoms with Crippen LogP contribution < -0.4 is 0 Å². The first-order valence-electron chi connectivity index (χ1n) is 9.05. The highest BCUT2D eigenvalue weighted by molar-refractivity contribution is 6.09. The molecule has 0 radical (unpaired) electrons. The zero-order chi connectivity index (χ0) is 17.1. The van der Waals surface area contributed by atoms with Gasteiger partial charge < -0.3 is 4.57 Å². The molecule has 0 aliphatic heterocycles. The van der Waals surface area contributed by atoms with Crippen molar-refractivity contribution in [1.29, 1.82) is 0 Å². The van der Waals surface area contributed by atoms with E-state index in [1.807, 2.05) is 35.4 Å². The topological polar surface area (TPSA) is 22.2 Å². The number of unbranched alkanes of at least 4 members (excludes halogenated alkanes) is 2. The monoisotopic (exact) mass is 329 g/mol. The molecule has 2 heterocycles. The van der Waals surface area contributed by atoms with E-state index in [-0.39, 0.29) is 0 Å². The molecule has 3 heteroatoms. The van der Waals surface area contributed by atoms with Crippen LogP contribution in [-0.4, -0.2) is 15.5 Å². The van der Waals surface area contributed by atoms with Gasteiger partial charge in [0, 0.05) is 40.7 Å². The van der Waals surface area contributed by atoms with Gasteiger partial charge in [-0.2, -0.15) is 5.10 Å². The number of aromatic nitrogens is 2. The third kappa shape index (κ3) is 3.10. The number of para-hydroxylation sites is 1. The average molecular weight is 329 g/mol. The van der Waals surface area contributed by atoms with E-state index >= 15 is 0 Å². The highest BCUT2D eigenvalue weighted by Crippen LogP contribution is 2.30. The molecule has 0 bridgehead atoms. The van der Waals surface area contributed by atoms with Crippen molar-refractivity contribution < 1.29 is 0 Å². The second-order valence-electron chi connectivity index (χ2n) is 6.46. The minimum absolute atomic E-state index is 1.08. The number of hydrogen-bond donors (Lipinski definition) is 0. The fraction of sp³-hybridized carbons (Fsp3) is 0.227. The molecule has 25 heavy (non-hydrogen) atoms. The first-order chi connectivity index (χ1) is 12.4. The van der Waals surface area contributed by atoms with Crippen molar-refractivity contribution in [2.24, 2.45) is 5.10 Å². The quantitative estimate of drug-likeness (QED) is 0.321. The normalized spacial score (nSPS) is 11.9. The molecule has 4 aromatic rings. The van der Waals surface area contributed by atoms with E-state index < -0.39 is 0 Å². The first-order valence-corrected chi connectivity index (χ1v) is 9.05. The Morgan fingerprint density at radius 3 is 2.52 bits per heavy atom. The zero-order valence-corrected chi connectivity index (χ0v) is 14.6. The molecule has 3 nitrogen and oxygen atoms in total. The van der Waals surface area contributed by atoms with E-state index in [4.69, 9.17) is 0 Å². The summed E-state index contributed by atoms with van der Waals surface area (Å²) < 4.78 is 4.28. The number of benzene rings is 2. The summed E-state index contributed by atoms with van der Waals surface area (Å²) in [5, 5.41) is 7.11. The number of rotatable bonds is 6. The van der Waals surface area contributed by atoms with Crippen LogP contribution in [0.3, 0.4) is 0 Å². The Labute approximate surface area is 148 Å². The van der Waals surface area contributed by atoms with Crippen molar-refractivity contribution in [3.63, 3.8) is 0 Å². The summed E-state index contributed by atoms with van der Waals surface area (Å²) in [4.78, 5) is 0. The number of nitrogens with zero attached hydrogens (tertiary/aromatic N) is 3. The third-order valence-electron chi connectivity index (χ3n) is 4.71. The molecule has 0 N–H and O–H groups in total. The summed E-state index contributed by atoms with van der Waals surface area (Å²) in [6.07, 6.45) is 9.54. The van der Waals surface area contributed by atoms with Crippen molar-refractivity contribution in [1.82, 2.24) is 9.24 Å². The van der Waals surface area contributed by atoms with E-state index in [9.17, 15) is 0 Å². The summed E-state index contributed by atoms with van der Waals surface area (Å²) in [6.45, 7) is 3.33. The van der Waals surface area contributed by atoms with Crippen LogP contribution in [-0.2, 0) is 6.54 Å². The van der Waals surface area contributed by atoms with E-state index in [1.165, 1.54) is 41.1 Å². The SMILES string of the molecule is CCCCCn1c2ccccc2c2cc(/C=N\n3cccc3)ccc21. The Kier molecular flexibility index (Phi) is 4.38. The molecular formula is C22H23N3. The van der Waals surface area contributed by atoms with Crippen molar-refractivity contribution in [3.8, 4) is 0 Å². The first kappa shape index (κ1) is 15.7. The lowest BCUT2D eigenvalue weighted by Gasteiger charge is -2.07.